The number of carbonyl (C=O) groups is 1. The molecule has 0 radical (unpaired) electrons. The largest absolute Gasteiger partial charge is 0.464 e. The highest BCUT2D eigenvalue weighted by Crippen LogP contribution is 2.19. The molecule has 0 amide bonds. The van der Waals surface area contributed by atoms with Gasteiger partial charge in [-0.1, -0.05) is 11.6 Å². The molecule has 0 aliphatic carbocycles. The first-order chi connectivity index (χ1) is 6.86. The van der Waals surface area contributed by atoms with E-state index in [0.717, 1.165) is 23.1 Å². The van der Waals surface area contributed by atoms with Gasteiger partial charge in [0.1, 0.15) is 12.4 Å². The molecule has 2 rings (SSSR count). The maximum absolute atomic E-state index is 8.00. The second kappa shape index (κ2) is 7.12. The monoisotopic (exact) mass is 214 g/mol. The van der Waals surface area contributed by atoms with Gasteiger partial charge in [0.15, 0.2) is 0 Å². The summed E-state index contributed by atoms with van der Waals surface area (Å²) in [6, 6.07) is 7.44. The third kappa shape index (κ3) is 3.20. The highest BCUT2D eigenvalue weighted by Gasteiger charge is 1.94. The normalized spacial score (nSPS) is 8.21. The van der Waals surface area contributed by atoms with E-state index in [1.165, 1.54) is 0 Å². The van der Waals surface area contributed by atoms with Crippen molar-refractivity contribution in [2.45, 2.75) is 0 Å². The average molecular weight is 215 g/mol. The lowest BCUT2D eigenvalue weighted by Gasteiger charge is -1.87. The van der Waals surface area contributed by atoms with Crippen LogP contribution >= 0.6 is 11.6 Å². The second-order valence-electron chi connectivity index (χ2n) is 2.10. The lowest BCUT2D eigenvalue weighted by Crippen LogP contribution is -1.62. The fourth-order valence-electron chi connectivity index (χ4n) is 0.938. The summed E-state index contributed by atoms with van der Waals surface area (Å²) in [6.45, 7) is 2.00. The Morgan fingerprint density at radius 2 is 1.93 bits per heavy atom. The summed E-state index contributed by atoms with van der Waals surface area (Å²) in [7, 11) is 1.00. The molecule has 0 unspecified atom stereocenters. The van der Waals surface area contributed by atoms with E-state index < -0.39 is 0 Å². The van der Waals surface area contributed by atoms with Gasteiger partial charge in [0.2, 0.25) is 0 Å². The Bertz CT molecular complexity index is 370. The molecule has 0 saturated carbocycles. The van der Waals surface area contributed by atoms with E-state index in [1.54, 1.807) is 6.26 Å². The maximum Gasteiger partial charge on any atom is 0.133 e. The van der Waals surface area contributed by atoms with E-state index in [-0.39, 0.29) is 0 Å². The number of aliphatic hydroxyl groups is 1. The van der Waals surface area contributed by atoms with Crippen molar-refractivity contribution in [2.24, 2.45) is 0 Å². The number of aliphatic hydroxyl groups excluding tert-OH is 1. The Hall–Kier alpha value is -1.32. The van der Waals surface area contributed by atoms with Crippen molar-refractivity contribution in [3.63, 3.8) is 0 Å². The van der Waals surface area contributed by atoms with Crippen LogP contribution in [0.1, 0.15) is 0 Å². The molecular weight excluding hydrogens is 204 g/mol. The Labute approximate surface area is 86.9 Å². The number of carbonyl (C=O) groups excluding carboxylic acids is 1. The van der Waals surface area contributed by atoms with Crippen LogP contribution < -0.4 is 0 Å². The van der Waals surface area contributed by atoms with Gasteiger partial charge in [0, 0.05) is 17.5 Å². The van der Waals surface area contributed by atoms with Gasteiger partial charge in [-0.3, -0.25) is 0 Å². The fraction of sp³-hybridized carbons (Fsp3) is 0.100. The van der Waals surface area contributed by atoms with Crippen molar-refractivity contribution < 1.29 is 14.3 Å². The summed E-state index contributed by atoms with van der Waals surface area (Å²) in [5.41, 5.74) is 0.879. The quantitative estimate of drug-likeness (QED) is 0.733. The van der Waals surface area contributed by atoms with E-state index in [9.17, 15) is 0 Å². The van der Waals surface area contributed by atoms with Gasteiger partial charge in [-0.2, -0.15) is 0 Å². The molecule has 14 heavy (non-hydrogen) atoms. The zero-order valence-corrected chi connectivity index (χ0v) is 8.49. The molecule has 0 bridgehead atoms. The van der Waals surface area contributed by atoms with Crippen molar-refractivity contribution >= 4 is 29.4 Å². The van der Waals surface area contributed by atoms with Gasteiger partial charge in [0.25, 0.3) is 0 Å². The predicted molar refractivity (Wildman–Crippen MR) is 56.5 cm³/mol. The molecule has 1 aromatic heterocycles. The average Bonchev–Trinajstić information content (AvgIpc) is 2.71. The third-order valence-corrected chi connectivity index (χ3v) is 1.65. The molecule has 1 N–H and O–H groups in total. The van der Waals surface area contributed by atoms with E-state index >= 15 is 0 Å². The summed E-state index contributed by atoms with van der Waals surface area (Å²) in [5.74, 6) is 0. The zero-order valence-electron chi connectivity index (χ0n) is 7.74. The molecule has 0 spiro atoms. The number of furan rings is 1. The van der Waals surface area contributed by atoms with E-state index in [2.05, 4.69) is 0 Å². The Morgan fingerprint density at radius 1 is 1.29 bits per heavy atom. The fourth-order valence-corrected chi connectivity index (χ4v) is 1.12. The minimum Gasteiger partial charge on any atom is -0.464 e. The van der Waals surface area contributed by atoms with Crippen LogP contribution in [0.4, 0.5) is 0 Å². The zero-order chi connectivity index (χ0) is 11.0. The first-order valence-electron chi connectivity index (χ1n) is 3.72. The molecule has 0 aliphatic heterocycles. The van der Waals surface area contributed by atoms with Crippen molar-refractivity contribution in [2.75, 3.05) is 7.11 Å². The van der Waals surface area contributed by atoms with Crippen molar-refractivity contribution in [3.8, 4) is 0 Å². The van der Waals surface area contributed by atoms with Crippen LogP contribution in [-0.2, 0) is 4.79 Å². The van der Waals surface area contributed by atoms with Gasteiger partial charge in [-0.15, -0.1) is 0 Å². The molecule has 1 heterocycles. The minimum absolute atomic E-state index is 0.744. The first kappa shape index (κ1) is 12.7. The summed E-state index contributed by atoms with van der Waals surface area (Å²) in [4.78, 5) is 8.00. The molecule has 1 aromatic carbocycles. The van der Waals surface area contributed by atoms with Gasteiger partial charge >= 0.3 is 0 Å². The molecule has 0 saturated heterocycles. The SMILES string of the molecule is C=O.CO.Clc1ccc2occc2c1. The summed E-state index contributed by atoms with van der Waals surface area (Å²) in [5, 5.41) is 8.79. The maximum atomic E-state index is 8.00. The third-order valence-electron chi connectivity index (χ3n) is 1.41. The van der Waals surface area contributed by atoms with Crippen LogP contribution in [0.3, 0.4) is 0 Å². The molecule has 76 valence electrons. The van der Waals surface area contributed by atoms with Gasteiger partial charge < -0.3 is 14.3 Å². The Balaban J connectivity index is 0.000000379. The van der Waals surface area contributed by atoms with E-state index in [4.69, 9.17) is 25.9 Å². The van der Waals surface area contributed by atoms with Gasteiger partial charge in [-0.05, 0) is 24.3 Å². The Kier molecular flexibility index (Phi) is 6.45. The van der Waals surface area contributed by atoms with Gasteiger partial charge in [-0.25, -0.2) is 0 Å². The van der Waals surface area contributed by atoms with Crippen LogP contribution in [0.5, 0.6) is 0 Å². The van der Waals surface area contributed by atoms with Crippen LogP contribution in [0.2, 0.25) is 5.02 Å². The van der Waals surface area contributed by atoms with Crippen molar-refractivity contribution in [1.82, 2.24) is 0 Å². The van der Waals surface area contributed by atoms with E-state index in [1.807, 2.05) is 31.1 Å². The minimum atomic E-state index is 0.744. The number of hydrogen-bond donors (Lipinski definition) is 1. The highest BCUT2D eigenvalue weighted by molar-refractivity contribution is 6.31. The molecule has 3 nitrogen and oxygen atoms in total. The van der Waals surface area contributed by atoms with Crippen molar-refractivity contribution in [3.05, 3.63) is 35.6 Å². The molecule has 0 fully saturated rings. The lowest BCUT2D eigenvalue weighted by molar-refractivity contribution is -0.0979. The molecule has 4 heteroatoms. The number of fused-ring (bicyclic) bond motifs is 1. The smallest absolute Gasteiger partial charge is 0.133 e. The summed E-state index contributed by atoms with van der Waals surface area (Å²) < 4.78 is 5.11. The summed E-state index contributed by atoms with van der Waals surface area (Å²) in [6.07, 6.45) is 1.65. The number of benzene rings is 1. The summed E-state index contributed by atoms with van der Waals surface area (Å²) >= 11 is 5.73. The topological polar surface area (TPSA) is 50.4 Å². The highest BCUT2D eigenvalue weighted by atomic mass is 35.5. The second-order valence-corrected chi connectivity index (χ2v) is 2.54. The molecule has 2 aromatic rings. The van der Waals surface area contributed by atoms with E-state index in [0.29, 0.717) is 0 Å². The molecule has 0 aliphatic rings. The Morgan fingerprint density at radius 3 is 2.57 bits per heavy atom. The molecular formula is C10H11ClO3. The van der Waals surface area contributed by atoms with Crippen molar-refractivity contribution in [1.29, 1.82) is 0 Å². The number of halogens is 1. The molecule has 0 atom stereocenters. The first-order valence-corrected chi connectivity index (χ1v) is 4.10. The predicted octanol–water partition coefficient (Wildman–Crippen LogP) is 2.51. The van der Waals surface area contributed by atoms with Crippen LogP contribution in [0.25, 0.3) is 11.0 Å². The lowest BCUT2D eigenvalue weighted by atomic mass is 10.3. The number of hydrogen-bond acceptors (Lipinski definition) is 3. The standard InChI is InChI=1S/C8H5ClO.CH4O.CH2O/c9-7-1-2-8-6(5-7)3-4-10-8;2*1-2/h1-5H;2H,1H3;1H2. The van der Waals surface area contributed by atoms with Crippen LogP contribution in [0.15, 0.2) is 34.9 Å². The van der Waals surface area contributed by atoms with Crippen LogP contribution in [-0.4, -0.2) is 19.0 Å². The number of rotatable bonds is 0. The van der Waals surface area contributed by atoms with Crippen LogP contribution in [0, 0.1) is 0 Å². The van der Waals surface area contributed by atoms with Gasteiger partial charge in [0.05, 0.1) is 6.26 Å².